The third-order valence-electron chi connectivity index (χ3n) is 4.20. The summed E-state index contributed by atoms with van der Waals surface area (Å²) in [7, 11) is 1.58. The fourth-order valence-corrected chi connectivity index (χ4v) is 2.55. The second-order valence-electron chi connectivity index (χ2n) is 7.38. The van der Waals surface area contributed by atoms with Gasteiger partial charge in [0.2, 0.25) is 5.78 Å². The molecule has 0 aliphatic heterocycles. The predicted molar refractivity (Wildman–Crippen MR) is 107 cm³/mol. The molecule has 2 rings (SSSR count). The first-order valence-electron chi connectivity index (χ1n) is 8.88. The van der Waals surface area contributed by atoms with Gasteiger partial charge in [0.05, 0.1) is 7.11 Å². The number of carbonyl (C=O) groups excluding carboxylic acids is 2. The highest BCUT2D eigenvalue weighted by molar-refractivity contribution is 6.01. The summed E-state index contributed by atoms with van der Waals surface area (Å²) in [5.41, 5.74) is 2.50. The summed E-state index contributed by atoms with van der Waals surface area (Å²) in [6, 6.07) is 14.7. The van der Waals surface area contributed by atoms with E-state index in [4.69, 9.17) is 9.47 Å². The second kappa shape index (κ2) is 8.67. The SMILES string of the molecule is COc1cccc(/C=C/C(=O)O[C@H](C)C(=O)c2ccc(C(C)(C)C)cc2)c1. The van der Waals surface area contributed by atoms with Gasteiger partial charge in [-0.2, -0.15) is 0 Å². The molecule has 0 saturated heterocycles. The molecule has 0 spiro atoms. The zero-order chi connectivity index (χ0) is 20.0. The van der Waals surface area contributed by atoms with Gasteiger partial charge in [0.1, 0.15) is 5.75 Å². The van der Waals surface area contributed by atoms with E-state index in [2.05, 4.69) is 20.8 Å². The quantitative estimate of drug-likeness (QED) is 0.418. The molecular weight excluding hydrogens is 340 g/mol. The molecule has 0 heterocycles. The van der Waals surface area contributed by atoms with Gasteiger partial charge < -0.3 is 9.47 Å². The van der Waals surface area contributed by atoms with Crippen LogP contribution in [0.4, 0.5) is 0 Å². The van der Waals surface area contributed by atoms with Gasteiger partial charge in [0, 0.05) is 11.6 Å². The van der Waals surface area contributed by atoms with Gasteiger partial charge >= 0.3 is 5.97 Å². The lowest BCUT2D eigenvalue weighted by molar-refractivity contribution is -0.140. The van der Waals surface area contributed by atoms with Crippen molar-refractivity contribution in [2.45, 2.75) is 39.2 Å². The molecular formula is C23H26O4. The van der Waals surface area contributed by atoms with Crippen LogP contribution in [0, 0.1) is 0 Å². The molecule has 2 aromatic rings. The predicted octanol–water partition coefficient (Wildman–Crippen LogP) is 4.82. The van der Waals surface area contributed by atoms with E-state index in [9.17, 15) is 9.59 Å². The third-order valence-corrected chi connectivity index (χ3v) is 4.20. The molecule has 0 fully saturated rings. The van der Waals surface area contributed by atoms with Gasteiger partial charge in [-0.1, -0.05) is 57.2 Å². The summed E-state index contributed by atoms with van der Waals surface area (Å²) in [4.78, 5) is 24.5. The zero-order valence-corrected chi connectivity index (χ0v) is 16.5. The molecule has 1 atom stereocenters. The van der Waals surface area contributed by atoms with E-state index in [-0.39, 0.29) is 11.2 Å². The minimum absolute atomic E-state index is 0.0184. The van der Waals surface area contributed by atoms with Gasteiger partial charge in [-0.3, -0.25) is 4.79 Å². The first-order chi connectivity index (χ1) is 12.7. The molecule has 0 aliphatic rings. The molecule has 27 heavy (non-hydrogen) atoms. The Morgan fingerprint density at radius 1 is 1.04 bits per heavy atom. The molecule has 0 bridgehead atoms. The fourth-order valence-electron chi connectivity index (χ4n) is 2.55. The molecule has 0 aliphatic carbocycles. The normalized spacial score (nSPS) is 12.6. The molecule has 0 aromatic heterocycles. The number of ketones is 1. The van der Waals surface area contributed by atoms with Crippen LogP contribution < -0.4 is 4.74 Å². The van der Waals surface area contributed by atoms with Crippen LogP contribution in [0.25, 0.3) is 6.08 Å². The van der Waals surface area contributed by atoms with Crippen molar-refractivity contribution in [1.29, 1.82) is 0 Å². The molecule has 2 aromatic carbocycles. The number of hydrogen-bond donors (Lipinski definition) is 0. The lowest BCUT2D eigenvalue weighted by Gasteiger charge is -2.19. The lowest BCUT2D eigenvalue weighted by atomic mass is 9.86. The van der Waals surface area contributed by atoms with Crippen molar-refractivity contribution in [1.82, 2.24) is 0 Å². The van der Waals surface area contributed by atoms with Gasteiger partial charge in [-0.15, -0.1) is 0 Å². The van der Waals surface area contributed by atoms with Crippen molar-refractivity contribution in [3.63, 3.8) is 0 Å². The largest absolute Gasteiger partial charge is 0.497 e. The van der Waals surface area contributed by atoms with E-state index >= 15 is 0 Å². The average Bonchev–Trinajstić information content (AvgIpc) is 2.65. The highest BCUT2D eigenvalue weighted by atomic mass is 16.5. The number of methoxy groups -OCH3 is 1. The van der Waals surface area contributed by atoms with E-state index in [1.165, 1.54) is 6.08 Å². The number of carbonyl (C=O) groups is 2. The number of rotatable bonds is 6. The van der Waals surface area contributed by atoms with Gasteiger partial charge in [-0.05, 0) is 41.7 Å². The van der Waals surface area contributed by atoms with Gasteiger partial charge in [0.15, 0.2) is 6.10 Å². The third kappa shape index (κ3) is 5.81. The number of Topliss-reactive ketones (excluding diaryl/α,β-unsaturated/α-hetero) is 1. The molecule has 0 saturated carbocycles. The Morgan fingerprint density at radius 2 is 1.70 bits per heavy atom. The summed E-state index contributed by atoms with van der Waals surface area (Å²) in [5, 5.41) is 0. The van der Waals surface area contributed by atoms with Crippen molar-refractivity contribution >= 4 is 17.8 Å². The van der Waals surface area contributed by atoms with Crippen LogP contribution in [0.3, 0.4) is 0 Å². The fraction of sp³-hybridized carbons (Fsp3) is 0.304. The maximum absolute atomic E-state index is 12.5. The van der Waals surface area contributed by atoms with Crippen molar-refractivity contribution < 1.29 is 19.1 Å². The maximum Gasteiger partial charge on any atom is 0.331 e. The Hall–Kier alpha value is -2.88. The van der Waals surface area contributed by atoms with E-state index in [0.717, 1.165) is 11.1 Å². The molecule has 4 nitrogen and oxygen atoms in total. The van der Waals surface area contributed by atoms with Crippen LogP contribution in [-0.2, 0) is 14.9 Å². The summed E-state index contributed by atoms with van der Waals surface area (Å²) in [6.07, 6.45) is 2.08. The minimum atomic E-state index is -0.854. The van der Waals surface area contributed by atoms with Gasteiger partial charge in [-0.25, -0.2) is 4.79 Å². The smallest absolute Gasteiger partial charge is 0.331 e. The van der Waals surface area contributed by atoms with E-state index in [1.54, 1.807) is 38.3 Å². The van der Waals surface area contributed by atoms with Crippen LogP contribution in [0.1, 0.15) is 49.2 Å². The number of benzene rings is 2. The maximum atomic E-state index is 12.5. The second-order valence-corrected chi connectivity index (χ2v) is 7.38. The highest BCUT2D eigenvalue weighted by Gasteiger charge is 2.20. The van der Waals surface area contributed by atoms with E-state index in [1.807, 2.05) is 30.3 Å². The molecule has 0 radical (unpaired) electrons. The summed E-state index contributed by atoms with van der Waals surface area (Å²) >= 11 is 0. The molecule has 4 heteroatoms. The van der Waals surface area contributed by atoms with Crippen LogP contribution in [0.15, 0.2) is 54.6 Å². The van der Waals surface area contributed by atoms with Crippen LogP contribution >= 0.6 is 0 Å². The van der Waals surface area contributed by atoms with E-state index < -0.39 is 12.1 Å². The monoisotopic (exact) mass is 366 g/mol. The van der Waals surface area contributed by atoms with Crippen molar-refractivity contribution in [3.8, 4) is 5.75 Å². The number of ether oxygens (including phenoxy) is 2. The van der Waals surface area contributed by atoms with Crippen molar-refractivity contribution in [3.05, 3.63) is 71.3 Å². The number of esters is 1. The summed E-state index contributed by atoms with van der Waals surface area (Å²) in [6.45, 7) is 7.92. The van der Waals surface area contributed by atoms with E-state index in [0.29, 0.717) is 11.3 Å². The van der Waals surface area contributed by atoms with Crippen LogP contribution in [0.2, 0.25) is 0 Å². The summed E-state index contributed by atoms with van der Waals surface area (Å²) < 4.78 is 10.4. The van der Waals surface area contributed by atoms with Crippen LogP contribution in [-0.4, -0.2) is 25.0 Å². The Morgan fingerprint density at radius 3 is 2.30 bits per heavy atom. The lowest BCUT2D eigenvalue weighted by Crippen LogP contribution is -2.23. The molecule has 0 unspecified atom stereocenters. The van der Waals surface area contributed by atoms with Gasteiger partial charge in [0.25, 0.3) is 0 Å². The zero-order valence-electron chi connectivity index (χ0n) is 16.5. The first kappa shape index (κ1) is 20.4. The van der Waals surface area contributed by atoms with Crippen molar-refractivity contribution in [2.75, 3.05) is 7.11 Å². The molecule has 142 valence electrons. The Labute approximate surface area is 160 Å². The minimum Gasteiger partial charge on any atom is -0.497 e. The Bertz CT molecular complexity index is 826. The molecule has 0 N–H and O–H groups in total. The van der Waals surface area contributed by atoms with Crippen LogP contribution in [0.5, 0.6) is 5.75 Å². The Kier molecular flexibility index (Phi) is 6.56. The average molecular weight is 366 g/mol. The Balaban J connectivity index is 1.98. The standard InChI is InChI=1S/C23H26O4/c1-16(22(25)18-10-12-19(13-11-18)23(2,3)4)27-21(24)14-9-17-7-6-8-20(15-17)26-5/h6-16H,1-5H3/b14-9+/t16-/m1/s1. The van der Waals surface area contributed by atoms with Crippen molar-refractivity contribution in [2.24, 2.45) is 0 Å². The molecule has 0 amide bonds. The summed E-state index contributed by atoms with van der Waals surface area (Å²) in [5.74, 6) is -0.0867. The number of hydrogen-bond acceptors (Lipinski definition) is 4. The highest BCUT2D eigenvalue weighted by Crippen LogP contribution is 2.22. The topological polar surface area (TPSA) is 52.6 Å². The first-order valence-corrected chi connectivity index (χ1v) is 8.88.